The Labute approximate surface area is 209 Å². The molecule has 0 spiro atoms. The van der Waals surface area contributed by atoms with Crippen LogP contribution in [0.1, 0.15) is 91.9 Å². The number of aliphatic carboxylic acids is 1. The lowest BCUT2D eigenvalue weighted by Crippen LogP contribution is -2.59. The fourth-order valence-corrected chi connectivity index (χ4v) is 9.32. The molecule has 3 saturated carbocycles. The highest BCUT2D eigenvalue weighted by molar-refractivity contribution is 6.01. The number of carboxylic acids is 1. The monoisotopic (exact) mass is 477 g/mol. The summed E-state index contributed by atoms with van der Waals surface area (Å²) in [6.07, 6.45) is 12.0. The zero-order valence-electron chi connectivity index (χ0n) is 21.7. The van der Waals surface area contributed by atoms with Gasteiger partial charge < -0.3 is 5.11 Å². The van der Waals surface area contributed by atoms with Crippen LogP contribution in [-0.2, 0) is 14.4 Å². The maximum atomic E-state index is 14.1. The quantitative estimate of drug-likeness (QED) is 0.534. The van der Waals surface area contributed by atoms with Crippen molar-refractivity contribution < 1.29 is 19.5 Å². The minimum atomic E-state index is -0.743. The number of carbonyl (C=O) groups is 3. The van der Waals surface area contributed by atoms with Crippen LogP contribution in [0.25, 0.3) is 0 Å². The average Bonchev–Trinajstić information content (AvgIpc) is 2.79. The first kappa shape index (κ1) is 24.5. The van der Waals surface area contributed by atoms with Gasteiger partial charge in [-0.25, -0.2) is 0 Å². The van der Waals surface area contributed by atoms with Crippen LogP contribution in [0.3, 0.4) is 0 Å². The Morgan fingerprint density at radius 3 is 2.51 bits per heavy atom. The van der Waals surface area contributed by atoms with Crippen LogP contribution in [0.15, 0.2) is 23.3 Å². The number of rotatable bonds is 3. The summed E-state index contributed by atoms with van der Waals surface area (Å²) in [5.41, 5.74) is 0.911. The van der Waals surface area contributed by atoms with Gasteiger partial charge in [-0.15, -0.1) is 0 Å². The smallest absolute Gasteiger partial charge is 0.303 e. The Bertz CT molecular complexity index is 1090. The first-order valence-electron chi connectivity index (χ1n) is 13.5. The van der Waals surface area contributed by atoms with Gasteiger partial charge in [0, 0.05) is 24.2 Å². The number of carboxylic acid groups (broad SMARTS) is 1. The van der Waals surface area contributed by atoms with Crippen LogP contribution in [-0.4, -0.2) is 22.6 Å². The number of hydrogen-bond acceptors (Lipinski definition) is 4. The highest BCUT2D eigenvalue weighted by atomic mass is 16.4. The van der Waals surface area contributed by atoms with Gasteiger partial charge in [-0.1, -0.05) is 39.3 Å². The van der Waals surface area contributed by atoms with Crippen molar-refractivity contribution in [3.05, 3.63) is 23.3 Å². The van der Waals surface area contributed by atoms with E-state index in [2.05, 4.69) is 33.8 Å². The van der Waals surface area contributed by atoms with Crippen LogP contribution in [0, 0.1) is 56.7 Å². The maximum absolute atomic E-state index is 14.1. The molecule has 5 heteroatoms. The fourth-order valence-electron chi connectivity index (χ4n) is 9.32. The van der Waals surface area contributed by atoms with Gasteiger partial charge in [0.05, 0.1) is 5.57 Å². The number of nitrogens with zero attached hydrogens (tertiary/aromatic N) is 1. The molecule has 0 aromatic heterocycles. The first-order chi connectivity index (χ1) is 16.4. The Kier molecular flexibility index (Phi) is 5.52. The van der Waals surface area contributed by atoms with Crippen LogP contribution in [0.5, 0.6) is 0 Å². The zero-order chi connectivity index (χ0) is 25.4. The Hall–Kier alpha value is -2.22. The van der Waals surface area contributed by atoms with E-state index in [1.165, 1.54) is 0 Å². The predicted molar refractivity (Wildman–Crippen MR) is 132 cm³/mol. The number of ketones is 2. The summed E-state index contributed by atoms with van der Waals surface area (Å²) >= 11 is 0. The molecule has 5 aliphatic carbocycles. The number of carbonyl (C=O) groups excluding carboxylic acids is 2. The summed E-state index contributed by atoms with van der Waals surface area (Å²) in [5.74, 6) is -0.0678. The molecule has 0 aromatic carbocycles. The summed E-state index contributed by atoms with van der Waals surface area (Å²) in [7, 11) is 0. The fraction of sp³-hybridized carbons (Fsp3) is 0.733. The molecule has 0 radical (unpaired) electrons. The lowest BCUT2D eigenvalue weighted by Gasteiger charge is -2.64. The third kappa shape index (κ3) is 3.58. The van der Waals surface area contributed by atoms with Crippen molar-refractivity contribution in [3.8, 4) is 6.07 Å². The molecule has 7 atom stereocenters. The summed E-state index contributed by atoms with van der Waals surface area (Å²) < 4.78 is 0. The molecule has 6 unspecified atom stereocenters. The van der Waals surface area contributed by atoms with Crippen molar-refractivity contribution in [2.75, 3.05) is 0 Å². The molecular weight excluding hydrogens is 438 g/mol. The molecule has 0 saturated heterocycles. The Balaban J connectivity index is 1.59. The molecule has 3 fully saturated rings. The standard InChI is InChI=1S/C30H39NO4/c1-27(2)11-12-30(10-7-25(34)35)9-6-20-26(21(30)16-27)23(33)14-24-28(20,3)8-5-19-13-22(32)18(17-31)15-29(19,24)4/h14-15,19-21,26H,5-13,16H2,1-4H3,(H,34,35)/t19?,20?,21?,26?,28?,29?,30-/m1/s1. The van der Waals surface area contributed by atoms with Gasteiger partial charge in [0.15, 0.2) is 11.6 Å². The third-order valence-corrected chi connectivity index (χ3v) is 11.3. The lowest BCUT2D eigenvalue weighted by molar-refractivity contribution is -0.149. The summed E-state index contributed by atoms with van der Waals surface area (Å²) in [6, 6.07) is 2.11. The number of allylic oxidation sites excluding steroid dienone is 4. The molecule has 0 aromatic rings. The average molecular weight is 478 g/mol. The van der Waals surface area contributed by atoms with E-state index in [4.69, 9.17) is 0 Å². The summed E-state index contributed by atoms with van der Waals surface area (Å²) in [4.78, 5) is 38.1. The van der Waals surface area contributed by atoms with Crippen LogP contribution in [0.4, 0.5) is 0 Å². The van der Waals surface area contributed by atoms with E-state index in [0.717, 1.165) is 50.5 Å². The summed E-state index contributed by atoms with van der Waals surface area (Å²) in [5, 5.41) is 19.1. The van der Waals surface area contributed by atoms with E-state index in [1.807, 2.05) is 12.2 Å². The highest BCUT2D eigenvalue weighted by Crippen LogP contribution is 2.69. The van der Waals surface area contributed by atoms with Crippen molar-refractivity contribution in [1.82, 2.24) is 0 Å². The third-order valence-electron chi connectivity index (χ3n) is 11.3. The second kappa shape index (κ2) is 7.89. The largest absolute Gasteiger partial charge is 0.481 e. The van der Waals surface area contributed by atoms with Crippen molar-refractivity contribution in [2.45, 2.75) is 91.9 Å². The number of nitriles is 1. The molecule has 5 rings (SSSR count). The van der Waals surface area contributed by atoms with Gasteiger partial charge >= 0.3 is 5.97 Å². The molecule has 188 valence electrons. The van der Waals surface area contributed by atoms with Gasteiger partial charge in [-0.2, -0.15) is 5.26 Å². The lowest BCUT2D eigenvalue weighted by atomic mass is 9.39. The number of fused-ring (bicyclic) bond motifs is 7. The van der Waals surface area contributed by atoms with Gasteiger partial charge in [0.25, 0.3) is 0 Å². The first-order valence-corrected chi connectivity index (χ1v) is 13.5. The van der Waals surface area contributed by atoms with Crippen LogP contribution in [0.2, 0.25) is 0 Å². The topological polar surface area (TPSA) is 95.2 Å². The van der Waals surface area contributed by atoms with E-state index in [1.54, 1.807) is 0 Å². The van der Waals surface area contributed by atoms with Crippen molar-refractivity contribution >= 4 is 17.5 Å². The van der Waals surface area contributed by atoms with E-state index < -0.39 is 11.4 Å². The normalized spacial score (nSPS) is 44.0. The molecule has 35 heavy (non-hydrogen) atoms. The van der Waals surface area contributed by atoms with Gasteiger partial charge in [-0.05, 0) is 91.4 Å². The van der Waals surface area contributed by atoms with Gasteiger partial charge in [-0.3, -0.25) is 14.4 Å². The Morgan fingerprint density at radius 2 is 1.83 bits per heavy atom. The van der Waals surface area contributed by atoms with Gasteiger partial charge in [0.2, 0.25) is 0 Å². The Morgan fingerprint density at radius 1 is 1.09 bits per heavy atom. The number of Topliss-reactive ketones (excluding diaryl/α,β-unsaturated/α-hetero) is 1. The second-order valence-corrected chi connectivity index (χ2v) is 13.6. The van der Waals surface area contributed by atoms with E-state index in [9.17, 15) is 24.8 Å². The molecule has 0 heterocycles. The minimum Gasteiger partial charge on any atom is -0.481 e. The van der Waals surface area contributed by atoms with Crippen LogP contribution >= 0.6 is 0 Å². The van der Waals surface area contributed by atoms with Gasteiger partial charge in [0.1, 0.15) is 6.07 Å². The van der Waals surface area contributed by atoms with Crippen molar-refractivity contribution in [2.24, 2.45) is 45.3 Å². The van der Waals surface area contributed by atoms with Crippen LogP contribution < -0.4 is 0 Å². The molecule has 1 N–H and O–H groups in total. The predicted octanol–water partition coefficient (Wildman–Crippen LogP) is 6.04. The summed E-state index contributed by atoms with van der Waals surface area (Å²) in [6.45, 7) is 9.07. The van der Waals surface area contributed by atoms with E-state index in [-0.39, 0.29) is 63.5 Å². The van der Waals surface area contributed by atoms with E-state index in [0.29, 0.717) is 12.8 Å². The minimum absolute atomic E-state index is 0.0569. The second-order valence-electron chi connectivity index (χ2n) is 13.6. The highest BCUT2D eigenvalue weighted by Gasteiger charge is 2.63. The van der Waals surface area contributed by atoms with Crippen molar-refractivity contribution in [3.63, 3.8) is 0 Å². The molecular formula is C30H39NO4. The molecule has 0 aliphatic heterocycles. The van der Waals surface area contributed by atoms with E-state index >= 15 is 0 Å². The molecule has 5 aliphatic rings. The van der Waals surface area contributed by atoms with Crippen molar-refractivity contribution in [1.29, 1.82) is 5.26 Å². The molecule has 0 amide bonds. The molecule has 5 nitrogen and oxygen atoms in total. The number of hydrogen-bond donors (Lipinski definition) is 1. The maximum Gasteiger partial charge on any atom is 0.303 e. The SMILES string of the molecule is CC1(C)CC[C@]2(CCC(=O)O)CCC3C(C(=O)C=C4C5(C)C=C(C#N)C(=O)CC5CCC43C)C2C1. The molecule has 0 bridgehead atoms. The zero-order valence-corrected chi connectivity index (χ0v) is 21.7.